The molecule has 0 saturated heterocycles. The first-order valence-corrected chi connectivity index (χ1v) is 8.60. The second kappa shape index (κ2) is 8.48. The molecule has 1 aromatic carbocycles. The molecule has 0 heterocycles. The summed E-state index contributed by atoms with van der Waals surface area (Å²) in [5.74, 6) is 0. The van der Waals surface area contributed by atoms with Crippen molar-refractivity contribution in [2.24, 2.45) is 0 Å². The van der Waals surface area contributed by atoms with Crippen LogP contribution >= 0.6 is 0 Å². The van der Waals surface area contributed by atoms with Crippen molar-refractivity contribution in [1.82, 2.24) is 13.5 Å². The van der Waals surface area contributed by atoms with Gasteiger partial charge in [-0.2, -0.15) is 17.0 Å². The minimum absolute atomic E-state index is 0.516. The molecule has 0 saturated carbocycles. The van der Waals surface area contributed by atoms with E-state index in [1.807, 2.05) is 37.2 Å². The quantitative estimate of drug-likeness (QED) is 0.690. The first-order valence-electron chi connectivity index (χ1n) is 7.20. The molecule has 0 atom stereocenters. The molecule has 0 aliphatic carbocycles. The summed E-state index contributed by atoms with van der Waals surface area (Å²) in [6.07, 6.45) is 1.72. The summed E-state index contributed by atoms with van der Waals surface area (Å²) in [5, 5.41) is 0. The highest BCUT2D eigenvalue weighted by Crippen LogP contribution is 2.08. The topological polar surface area (TPSA) is 43.9 Å². The third-order valence-electron chi connectivity index (χ3n) is 3.30. The Labute approximate surface area is 129 Å². The summed E-state index contributed by atoms with van der Waals surface area (Å²) in [6.45, 7) is 1.78. The van der Waals surface area contributed by atoms with Gasteiger partial charge in [-0.3, -0.25) is 0 Å². The molecule has 5 nitrogen and oxygen atoms in total. The third kappa shape index (κ3) is 6.13. The number of hydrogen-bond donors (Lipinski definition) is 0. The van der Waals surface area contributed by atoms with E-state index < -0.39 is 10.2 Å². The molecule has 0 aromatic heterocycles. The van der Waals surface area contributed by atoms with Crippen LogP contribution in [0.3, 0.4) is 0 Å². The lowest BCUT2D eigenvalue weighted by molar-refractivity contribution is 0.316. The molecular formula is C15H27N3O2S. The van der Waals surface area contributed by atoms with Crippen LogP contribution in [0.2, 0.25) is 0 Å². The van der Waals surface area contributed by atoms with E-state index >= 15 is 0 Å². The lowest BCUT2D eigenvalue weighted by Crippen LogP contribution is -2.43. The van der Waals surface area contributed by atoms with Crippen LogP contribution in [-0.4, -0.2) is 69.8 Å². The van der Waals surface area contributed by atoms with Crippen LogP contribution in [0.1, 0.15) is 12.0 Å². The molecule has 120 valence electrons. The molecule has 0 amide bonds. The van der Waals surface area contributed by atoms with Gasteiger partial charge >= 0.3 is 0 Å². The van der Waals surface area contributed by atoms with Crippen LogP contribution in [0, 0.1) is 0 Å². The Morgan fingerprint density at radius 3 is 2.05 bits per heavy atom. The van der Waals surface area contributed by atoms with Crippen molar-refractivity contribution in [3.8, 4) is 0 Å². The predicted molar refractivity (Wildman–Crippen MR) is 87.5 cm³/mol. The Morgan fingerprint density at radius 1 is 0.905 bits per heavy atom. The van der Waals surface area contributed by atoms with Crippen molar-refractivity contribution >= 4 is 10.2 Å². The largest absolute Gasteiger partial charge is 0.308 e. The normalized spacial score (nSPS) is 12.5. The number of hydrogen-bond acceptors (Lipinski definition) is 3. The van der Waals surface area contributed by atoms with Gasteiger partial charge in [-0.05, 0) is 32.5 Å². The number of likely N-dealkylation sites (N-methyl/N-ethyl adjacent to an activating group) is 1. The van der Waals surface area contributed by atoms with Gasteiger partial charge in [0.05, 0.1) is 0 Å². The number of benzene rings is 1. The van der Waals surface area contributed by atoms with E-state index in [0.717, 1.165) is 19.4 Å². The summed E-state index contributed by atoms with van der Waals surface area (Å²) >= 11 is 0. The van der Waals surface area contributed by atoms with Crippen molar-refractivity contribution in [3.05, 3.63) is 35.9 Å². The van der Waals surface area contributed by atoms with Gasteiger partial charge in [0.1, 0.15) is 0 Å². The minimum Gasteiger partial charge on any atom is -0.308 e. The van der Waals surface area contributed by atoms with Gasteiger partial charge in [-0.1, -0.05) is 30.3 Å². The van der Waals surface area contributed by atoms with Crippen LogP contribution < -0.4 is 0 Å². The molecule has 0 unspecified atom stereocenters. The maximum atomic E-state index is 12.3. The zero-order chi connectivity index (χ0) is 15.9. The maximum absolute atomic E-state index is 12.3. The lowest BCUT2D eigenvalue weighted by Gasteiger charge is -2.26. The van der Waals surface area contributed by atoms with Gasteiger partial charge in [0.25, 0.3) is 10.2 Å². The number of nitrogens with zero attached hydrogens (tertiary/aromatic N) is 3. The average Bonchev–Trinajstić information content (AvgIpc) is 2.43. The molecule has 21 heavy (non-hydrogen) atoms. The Hall–Kier alpha value is -0.950. The van der Waals surface area contributed by atoms with E-state index in [0.29, 0.717) is 13.1 Å². The summed E-state index contributed by atoms with van der Waals surface area (Å²) in [7, 11) is 3.71. The Balaban J connectivity index is 2.61. The zero-order valence-corrected chi connectivity index (χ0v) is 14.3. The SMILES string of the molecule is CN(C)CCN(CCCc1ccccc1)S(=O)(=O)N(C)C. The zero-order valence-electron chi connectivity index (χ0n) is 13.5. The van der Waals surface area contributed by atoms with E-state index in [9.17, 15) is 8.42 Å². The van der Waals surface area contributed by atoms with Crippen molar-refractivity contribution in [1.29, 1.82) is 0 Å². The highest BCUT2D eigenvalue weighted by atomic mass is 32.2. The molecule has 0 aliphatic rings. The Bertz CT molecular complexity index is 501. The molecule has 0 N–H and O–H groups in total. The highest BCUT2D eigenvalue weighted by molar-refractivity contribution is 7.86. The Morgan fingerprint density at radius 2 is 1.52 bits per heavy atom. The molecule has 1 rings (SSSR count). The lowest BCUT2D eigenvalue weighted by atomic mass is 10.1. The highest BCUT2D eigenvalue weighted by Gasteiger charge is 2.23. The summed E-state index contributed by atoms with van der Waals surface area (Å²) in [5.41, 5.74) is 1.24. The average molecular weight is 313 g/mol. The van der Waals surface area contributed by atoms with Crippen molar-refractivity contribution in [2.45, 2.75) is 12.8 Å². The van der Waals surface area contributed by atoms with Crippen LogP contribution in [-0.2, 0) is 16.6 Å². The Kier molecular flexibility index (Phi) is 7.31. The fraction of sp³-hybridized carbons (Fsp3) is 0.600. The summed E-state index contributed by atoms with van der Waals surface area (Å²) in [6, 6.07) is 10.2. The fourth-order valence-electron chi connectivity index (χ4n) is 1.99. The predicted octanol–water partition coefficient (Wildman–Crippen LogP) is 1.29. The van der Waals surface area contributed by atoms with Gasteiger partial charge in [0.2, 0.25) is 0 Å². The van der Waals surface area contributed by atoms with Gasteiger partial charge in [-0.15, -0.1) is 0 Å². The smallest absolute Gasteiger partial charge is 0.281 e. The van der Waals surface area contributed by atoms with Crippen molar-refractivity contribution in [3.63, 3.8) is 0 Å². The van der Waals surface area contributed by atoms with Gasteiger partial charge < -0.3 is 4.90 Å². The van der Waals surface area contributed by atoms with E-state index in [-0.39, 0.29) is 0 Å². The maximum Gasteiger partial charge on any atom is 0.281 e. The summed E-state index contributed by atoms with van der Waals surface area (Å²) in [4.78, 5) is 2.00. The van der Waals surface area contributed by atoms with E-state index in [1.165, 1.54) is 9.87 Å². The monoisotopic (exact) mass is 313 g/mol. The minimum atomic E-state index is -3.35. The van der Waals surface area contributed by atoms with Crippen molar-refractivity contribution < 1.29 is 8.42 Å². The van der Waals surface area contributed by atoms with Gasteiger partial charge in [-0.25, -0.2) is 0 Å². The van der Waals surface area contributed by atoms with Crippen LogP contribution in [0.4, 0.5) is 0 Å². The number of aryl methyl sites for hydroxylation is 1. The van der Waals surface area contributed by atoms with Gasteiger partial charge in [0.15, 0.2) is 0 Å². The molecule has 1 aromatic rings. The second-order valence-corrected chi connectivity index (χ2v) is 7.72. The van der Waals surface area contributed by atoms with E-state index in [1.54, 1.807) is 18.4 Å². The standard InChI is InChI=1S/C15H27N3O2S/c1-16(2)13-14-18(21(19,20)17(3)4)12-8-11-15-9-6-5-7-10-15/h5-7,9-10H,8,11-14H2,1-4H3. The molecule has 0 radical (unpaired) electrons. The molecule has 0 spiro atoms. The molecule has 0 bridgehead atoms. The van der Waals surface area contributed by atoms with Crippen LogP contribution in [0.15, 0.2) is 30.3 Å². The molecular weight excluding hydrogens is 286 g/mol. The molecule has 0 fully saturated rings. The van der Waals surface area contributed by atoms with Crippen molar-refractivity contribution in [2.75, 3.05) is 47.8 Å². The van der Waals surface area contributed by atoms with Crippen LogP contribution in [0.25, 0.3) is 0 Å². The first-order chi connectivity index (χ1) is 9.84. The van der Waals surface area contributed by atoms with Crippen LogP contribution in [0.5, 0.6) is 0 Å². The third-order valence-corrected chi connectivity index (χ3v) is 5.24. The van der Waals surface area contributed by atoms with E-state index in [2.05, 4.69) is 12.1 Å². The fourth-order valence-corrected chi connectivity index (χ4v) is 3.12. The second-order valence-electron chi connectivity index (χ2n) is 5.58. The van der Waals surface area contributed by atoms with E-state index in [4.69, 9.17) is 0 Å². The number of rotatable bonds is 9. The first kappa shape index (κ1) is 18.1. The summed E-state index contributed by atoms with van der Waals surface area (Å²) < 4.78 is 27.5. The molecule has 0 aliphatic heterocycles. The molecule has 6 heteroatoms. The van der Waals surface area contributed by atoms with Gasteiger partial charge in [0, 0.05) is 33.7 Å².